The van der Waals surface area contributed by atoms with E-state index in [1.54, 1.807) is 17.4 Å². The SMILES string of the molecule is CO[C@H](C)CS(=O)(=O)N1CCC[C@@H](c2nccn2C)C1. The summed E-state index contributed by atoms with van der Waals surface area (Å²) < 4.78 is 33.4. The van der Waals surface area contributed by atoms with Crippen molar-refractivity contribution in [2.45, 2.75) is 31.8 Å². The fourth-order valence-electron chi connectivity index (χ4n) is 2.65. The van der Waals surface area contributed by atoms with Gasteiger partial charge in [-0.2, -0.15) is 0 Å². The van der Waals surface area contributed by atoms with Crippen LogP contribution >= 0.6 is 0 Å². The first-order chi connectivity index (χ1) is 9.44. The van der Waals surface area contributed by atoms with Gasteiger partial charge in [-0.25, -0.2) is 17.7 Å². The monoisotopic (exact) mass is 301 g/mol. The van der Waals surface area contributed by atoms with Crippen molar-refractivity contribution in [2.75, 3.05) is 26.0 Å². The van der Waals surface area contributed by atoms with Crippen molar-refractivity contribution in [3.05, 3.63) is 18.2 Å². The van der Waals surface area contributed by atoms with Gasteiger partial charge in [0.2, 0.25) is 10.0 Å². The molecule has 0 saturated carbocycles. The fourth-order valence-corrected chi connectivity index (χ4v) is 4.40. The molecule has 0 aromatic carbocycles. The molecule has 20 heavy (non-hydrogen) atoms. The second kappa shape index (κ2) is 6.24. The van der Waals surface area contributed by atoms with Crippen LogP contribution in [0.5, 0.6) is 0 Å². The third-order valence-corrected chi connectivity index (χ3v) is 5.86. The van der Waals surface area contributed by atoms with E-state index >= 15 is 0 Å². The second-order valence-electron chi connectivity index (χ2n) is 5.42. The number of piperidine rings is 1. The van der Waals surface area contributed by atoms with E-state index in [0.29, 0.717) is 13.1 Å². The lowest BCUT2D eigenvalue weighted by atomic mass is 9.99. The molecule has 2 heterocycles. The van der Waals surface area contributed by atoms with Crippen molar-refractivity contribution in [3.8, 4) is 0 Å². The Morgan fingerprint density at radius 1 is 1.55 bits per heavy atom. The molecule has 1 fully saturated rings. The summed E-state index contributed by atoms with van der Waals surface area (Å²) in [6.07, 6.45) is 5.23. The minimum Gasteiger partial charge on any atom is -0.381 e. The summed E-state index contributed by atoms with van der Waals surface area (Å²) in [5.41, 5.74) is 0. The maximum absolute atomic E-state index is 12.4. The summed E-state index contributed by atoms with van der Waals surface area (Å²) in [4.78, 5) is 4.35. The Bertz CT molecular complexity index is 541. The topological polar surface area (TPSA) is 64.4 Å². The number of sulfonamides is 1. The van der Waals surface area contributed by atoms with Crippen molar-refractivity contribution in [1.82, 2.24) is 13.9 Å². The largest absolute Gasteiger partial charge is 0.381 e. The minimum atomic E-state index is -3.26. The Morgan fingerprint density at radius 3 is 2.90 bits per heavy atom. The van der Waals surface area contributed by atoms with Gasteiger partial charge in [0, 0.05) is 45.6 Å². The molecule has 2 atom stereocenters. The van der Waals surface area contributed by atoms with Gasteiger partial charge >= 0.3 is 0 Å². The molecular formula is C13H23N3O3S. The zero-order valence-corrected chi connectivity index (χ0v) is 13.1. The summed E-state index contributed by atoms with van der Waals surface area (Å²) in [5, 5.41) is 0. The average molecular weight is 301 g/mol. The molecule has 2 rings (SSSR count). The van der Waals surface area contributed by atoms with Crippen molar-refractivity contribution in [2.24, 2.45) is 7.05 Å². The molecule has 7 heteroatoms. The van der Waals surface area contributed by atoms with Crippen LogP contribution in [-0.2, 0) is 21.8 Å². The van der Waals surface area contributed by atoms with E-state index in [9.17, 15) is 8.42 Å². The fraction of sp³-hybridized carbons (Fsp3) is 0.769. The Hall–Kier alpha value is -0.920. The highest BCUT2D eigenvalue weighted by molar-refractivity contribution is 7.89. The highest BCUT2D eigenvalue weighted by Crippen LogP contribution is 2.27. The number of imidazole rings is 1. The molecule has 0 aliphatic carbocycles. The van der Waals surface area contributed by atoms with Crippen LogP contribution in [0.2, 0.25) is 0 Å². The molecule has 0 unspecified atom stereocenters. The smallest absolute Gasteiger partial charge is 0.216 e. The van der Waals surface area contributed by atoms with Crippen LogP contribution in [0.25, 0.3) is 0 Å². The zero-order chi connectivity index (χ0) is 14.8. The first kappa shape index (κ1) is 15.5. The third-order valence-electron chi connectivity index (χ3n) is 3.85. The van der Waals surface area contributed by atoms with Crippen LogP contribution in [0.15, 0.2) is 12.4 Å². The molecular weight excluding hydrogens is 278 g/mol. The summed E-state index contributed by atoms with van der Waals surface area (Å²) in [6, 6.07) is 0. The van der Waals surface area contributed by atoms with Gasteiger partial charge < -0.3 is 9.30 Å². The lowest BCUT2D eigenvalue weighted by Crippen LogP contribution is -2.42. The average Bonchev–Trinajstić information content (AvgIpc) is 2.84. The highest BCUT2D eigenvalue weighted by Gasteiger charge is 2.32. The Morgan fingerprint density at radius 2 is 2.30 bits per heavy atom. The first-order valence-electron chi connectivity index (χ1n) is 6.92. The van der Waals surface area contributed by atoms with Gasteiger partial charge in [0.15, 0.2) is 0 Å². The van der Waals surface area contributed by atoms with Crippen LogP contribution in [0, 0.1) is 0 Å². The molecule has 114 valence electrons. The number of aromatic nitrogens is 2. The summed E-state index contributed by atoms with van der Waals surface area (Å²) >= 11 is 0. The summed E-state index contributed by atoms with van der Waals surface area (Å²) in [7, 11) is 0.222. The minimum absolute atomic E-state index is 0.0385. The Labute approximate surface area is 120 Å². The number of hydrogen-bond acceptors (Lipinski definition) is 4. The first-order valence-corrected chi connectivity index (χ1v) is 8.53. The van der Waals surface area contributed by atoms with Crippen LogP contribution < -0.4 is 0 Å². The van der Waals surface area contributed by atoms with Gasteiger partial charge in [0.1, 0.15) is 5.82 Å². The maximum atomic E-state index is 12.4. The molecule has 1 aliphatic heterocycles. The van der Waals surface area contributed by atoms with E-state index in [1.165, 1.54) is 7.11 Å². The van der Waals surface area contributed by atoms with Crippen LogP contribution in [0.3, 0.4) is 0 Å². The van der Waals surface area contributed by atoms with E-state index in [1.807, 2.05) is 17.8 Å². The molecule has 1 aromatic heterocycles. The number of ether oxygens (including phenoxy) is 1. The number of rotatable bonds is 5. The van der Waals surface area contributed by atoms with E-state index < -0.39 is 10.0 Å². The molecule has 1 aromatic rings. The van der Waals surface area contributed by atoms with E-state index in [0.717, 1.165) is 18.7 Å². The van der Waals surface area contributed by atoms with Gasteiger partial charge in [0.05, 0.1) is 11.9 Å². The lowest BCUT2D eigenvalue weighted by molar-refractivity contribution is 0.134. The van der Waals surface area contributed by atoms with Gasteiger partial charge in [-0.1, -0.05) is 0 Å². The van der Waals surface area contributed by atoms with Crippen molar-refractivity contribution in [3.63, 3.8) is 0 Å². The van der Waals surface area contributed by atoms with Gasteiger partial charge in [-0.15, -0.1) is 0 Å². The van der Waals surface area contributed by atoms with Crippen molar-refractivity contribution >= 4 is 10.0 Å². The van der Waals surface area contributed by atoms with Gasteiger partial charge in [0.25, 0.3) is 0 Å². The van der Waals surface area contributed by atoms with Crippen molar-refractivity contribution in [1.29, 1.82) is 0 Å². The number of nitrogens with zero attached hydrogens (tertiary/aromatic N) is 3. The molecule has 6 nitrogen and oxygen atoms in total. The predicted octanol–water partition coefficient (Wildman–Crippen LogP) is 0.964. The molecule has 0 radical (unpaired) electrons. The Kier molecular flexibility index (Phi) is 4.82. The van der Waals surface area contributed by atoms with Crippen LogP contribution in [-0.4, -0.2) is 54.3 Å². The van der Waals surface area contributed by atoms with E-state index in [2.05, 4.69) is 4.98 Å². The second-order valence-corrected chi connectivity index (χ2v) is 7.43. The number of hydrogen-bond donors (Lipinski definition) is 0. The molecule has 0 bridgehead atoms. The van der Waals surface area contributed by atoms with Crippen molar-refractivity contribution < 1.29 is 13.2 Å². The molecule has 1 aliphatic rings. The maximum Gasteiger partial charge on any atom is 0.216 e. The summed E-state index contributed by atoms with van der Waals surface area (Å²) in [5.74, 6) is 1.18. The summed E-state index contributed by atoms with van der Waals surface area (Å²) in [6.45, 7) is 2.89. The van der Waals surface area contributed by atoms with Crippen LogP contribution in [0.1, 0.15) is 31.5 Å². The highest BCUT2D eigenvalue weighted by atomic mass is 32.2. The quantitative estimate of drug-likeness (QED) is 0.813. The molecule has 1 saturated heterocycles. The van der Waals surface area contributed by atoms with E-state index in [4.69, 9.17) is 4.74 Å². The lowest BCUT2D eigenvalue weighted by Gasteiger charge is -2.32. The van der Waals surface area contributed by atoms with Crippen LogP contribution in [0.4, 0.5) is 0 Å². The number of methoxy groups -OCH3 is 1. The molecule has 0 amide bonds. The predicted molar refractivity (Wildman–Crippen MR) is 77.0 cm³/mol. The third kappa shape index (κ3) is 3.39. The van der Waals surface area contributed by atoms with E-state index in [-0.39, 0.29) is 17.8 Å². The molecule has 0 N–H and O–H groups in total. The zero-order valence-electron chi connectivity index (χ0n) is 12.3. The van der Waals surface area contributed by atoms with Gasteiger partial charge in [-0.3, -0.25) is 0 Å². The Balaban J connectivity index is 2.09. The van der Waals surface area contributed by atoms with Gasteiger partial charge in [-0.05, 0) is 19.8 Å². The molecule has 0 spiro atoms. The number of aryl methyl sites for hydroxylation is 1. The standard InChI is InChI=1S/C13H23N3O3S/c1-11(19-3)10-20(17,18)16-7-4-5-12(9-16)13-14-6-8-15(13)2/h6,8,11-12H,4-5,7,9-10H2,1-3H3/t11-,12-/m1/s1. The normalized spacial score (nSPS) is 22.9.